The van der Waals surface area contributed by atoms with Crippen molar-refractivity contribution < 1.29 is 9.90 Å². The first-order valence-electron chi connectivity index (χ1n) is 7.89. The minimum absolute atomic E-state index is 0.0418. The minimum atomic E-state index is 0.0418. The number of Topliss-reactive ketones (excluding diaryl/α,β-unsaturated/α-hetero) is 1. The summed E-state index contributed by atoms with van der Waals surface area (Å²) in [7, 11) is 0. The van der Waals surface area contributed by atoms with Crippen LogP contribution in [0.1, 0.15) is 49.0 Å². The molecule has 1 aliphatic rings. The molecular formula is C17H26N2O2. The largest absolute Gasteiger partial charge is 0.508 e. The monoisotopic (exact) mass is 290 g/mol. The maximum absolute atomic E-state index is 11.5. The number of carbonyl (C=O) groups excluding carboxylic acids is 1. The third kappa shape index (κ3) is 4.29. The smallest absolute Gasteiger partial charge is 0.159 e. The van der Waals surface area contributed by atoms with E-state index >= 15 is 0 Å². The quantitative estimate of drug-likeness (QED) is 0.791. The second kappa shape index (κ2) is 7.57. The van der Waals surface area contributed by atoms with E-state index in [0.717, 1.165) is 44.5 Å². The highest BCUT2D eigenvalue weighted by Crippen LogP contribution is 2.23. The lowest BCUT2D eigenvalue weighted by Gasteiger charge is -2.34. The van der Waals surface area contributed by atoms with Gasteiger partial charge in [-0.25, -0.2) is 0 Å². The Labute approximate surface area is 127 Å². The third-order valence-electron chi connectivity index (χ3n) is 4.20. The van der Waals surface area contributed by atoms with E-state index < -0.39 is 0 Å². The lowest BCUT2D eigenvalue weighted by atomic mass is 10.0. The Morgan fingerprint density at radius 3 is 2.71 bits per heavy atom. The predicted molar refractivity (Wildman–Crippen MR) is 84.7 cm³/mol. The number of rotatable bonds is 6. The zero-order chi connectivity index (χ0) is 15.2. The second-order valence-electron chi connectivity index (χ2n) is 5.85. The van der Waals surface area contributed by atoms with Crippen molar-refractivity contribution in [1.82, 2.24) is 10.2 Å². The Balaban J connectivity index is 2.15. The molecule has 0 saturated carbocycles. The molecule has 0 spiro atoms. The Kier molecular flexibility index (Phi) is 5.76. The summed E-state index contributed by atoms with van der Waals surface area (Å²) in [5.41, 5.74) is 1.53. The first-order chi connectivity index (χ1) is 10.1. The summed E-state index contributed by atoms with van der Waals surface area (Å²) in [5.74, 6) is 0.329. The number of ketones is 1. The molecule has 21 heavy (non-hydrogen) atoms. The fourth-order valence-corrected chi connectivity index (χ4v) is 3.00. The predicted octanol–water partition coefficient (Wildman–Crippen LogP) is 2.56. The Bertz CT molecular complexity index is 482. The van der Waals surface area contributed by atoms with Gasteiger partial charge in [0.15, 0.2) is 5.78 Å². The molecule has 4 heteroatoms. The first-order valence-corrected chi connectivity index (χ1v) is 7.89. The van der Waals surface area contributed by atoms with Crippen LogP contribution in [-0.4, -0.2) is 41.5 Å². The standard InChI is InChI=1S/C17H26N2O2/c1-3-10-19(16-6-8-18-9-7-16)12-15-11-14(13(2)20)4-5-17(15)21/h4-5,11,16,18,21H,3,6-10,12H2,1-2H3. The van der Waals surface area contributed by atoms with Crippen molar-refractivity contribution >= 4 is 5.78 Å². The molecule has 1 saturated heterocycles. The fourth-order valence-electron chi connectivity index (χ4n) is 3.00. The molecule has 1 aromatic rings. The van der Waals surface area contributed by atoms with Crippen LogP contribution in [0.5, 0.6) is 5.75 Å². The summed E-state index contributed by atoms with van der Waals surface area (Å²) < 4.78 is 0. The molecule has 4 nitrogen and oxygen atoms in total. The van der Waals surface area contributed by atoms with E-state index in [1.54, 1.807) is 19.1 Å². The summed E-state index contributed by atoms with van der Waals surface area (Å²) in [5, 5.41) is 13.5. The Morgan fingerprint density at radius 2 is 2.10 bits per heavy atom. The lowest BCUT2D eigenvalue weighted by Crippen LogP contribution is -2.43. The molecule has 0 radical (unpaired) electrons. The molecule has 1 aromatic carbocycles. The van der Waals surface area contributed by atoms with Crippen LogP contribution in [0.15, 0.2) is 18.2 Å². The molecule has 0 aliphatic carbocycles. The molecule has 2 rings (SSSR count). The molecule has 0 bridgehead atoms. The van der Waals surface area contributed by atoms with Crippen LogP contribution in [0.2, 0.25) is 0 Å². The Hall–Kier alpha value is -1.39. The van der Waals surface area contributed by atoms with Gasteiger partial charge < -0.3 is 10.4 Å². The molecule has 0 aromatic heterocycles. The Morgan fingerprint density at radius 1 is 1.38 bits per heavy atom. The van der Waals surface area contributed by atoms with Crippen LogP contribution < -0.4 is 5.32 Å². The summed E-state index contributed by atoms with van der Waals surface area (Å²) in [6, 6.07) is 5.72. The molecular weight excluding hydrogens is 264 g/mol. The van der Waals surface area contributed by atoms with Gasteiger partial charge in [0.2, 0.25) is 0 Å². The number of aromatic hydroxyl groups is 1. The molecule has 116 valence electrons. The number of nitrogens with zero attached hydrogens (tertiary/aromatic N) is 1. The average Bonchev–Trinajstić information content (AvgIpc) is 2.49. The zero-order valence-electron chi connectivity index (χ0n) is 13.1. The second-order valence-corrected chi connectivity index (χ2v) is 5.85. The number of phenols is 1. The van der Waals surface area contributed by atoms with Crippen molar-refractivity contribution in [3.63, 3.8) is 0 Å². The topological polar surface area (TPSA) is 52.6 Å². The van der Waals surface area contributed by atoms with Crippen molar-refractivity contribution in [3.05, 3.63) is 29.3 Å². The number of hydrogen-bond acceptors (Lipinski definition) is 4. The van der Waals surface area contributed by atoms with E-state index in [9.17, 15) is 9.90 Å². The van der Waals surface area contributed by atoms with Gasteiger partial charge in [-0.2, -0.15) is 0 Å². The van der Waals surface area contributed by atoms with Gasteiger partial charge >= 0.3 is 0 Å². The number of hydrogen-bond donors (Lipinski definition) is 2. The highest BCUT2D eigenvalue weighted by Gasteiger charge is 2.21. The lowest BCUT2D eigenvalue weighted by molar-refractivity contribution is 0.101. The summed E-state index contributed by atoms with van der Waals surface area (Å²) >= 11 is 0. The van der Waals surface area contributed by atoms with Gasteiger partial charge in [0.25, 0.3) is 0 Å². The number of benzene rings is 1. The van der Waals surface area contributed by atoms with Gasteiger partial charge in [-0.05, 0) is 64.0 Å². The molecule has 2 N–H and O–H groups in total. The maximum Gasteiger partial charge on any atom is 0.159 e. The summed E-state index contributed by atoms with van der Waals surface area (Å²) in [6.07, 6.45) is 3.39. The summed E-state index contributed by atoms with van der Waals surface area (Å²) in [6.45, 7) is 7.60. The molecule has 1 aliphatic heterocycles. The molecule has 0 amide bonds. The molecule has 0 unspecified atom stereocenters. The fraction of sp³-hybridized carbons (Fsp3) is 0.588. The molecule has 1 heterocycles. The van der Waals surface area contributed by atoms with Gasteiger partial charge in [0.05, 0.1) is 0 Å². The van der Waals surface area contributed by atoms with Gasteiger partial charge in [-0.15, -0.1) is 0 Å². The van der Waals surface area contributed by atoms with E-state index in [-0.39, 0.29) is 11.5 Å². The van der Waals surface area contributed by atoms with Crippen LogP contribution in [-0.2, 0) is 6.54 Å². The van der Waals surface area contributed by atoms with Crippen molar-refractivity contribution in [2.75, 3.05) is 19.6 Å². The van der Waals surface area contributed by atoms with Crippen LogP contribution in [0.3, 0.4) is 0 Å². The van der Waals surface area contributed by atoms with E-state index in [4.69, 9.17) is 0 Å². The van der Waals surface area contributed by atoms with Crippen LogP contribution in [0, 0.1) is 0 Å². The van der Waals surface area contributed by atoms with E-state index in [2.05, 4.69) is 17.1 Å². The van der Waals surface area contributed by atoms with Crippen LogP contribution in [0.4, 0.5) is 0 Å². The number of carbonyl (C=O) groups is 1. The molecule has 1 fully saturated rings. The SMILES string of the molecule is CCCN(Cc1cc(C(C)=O)ccc1O)C1CCNCC1. The molecule has 0 atom stereocenters. The van der Waals surface area contributed by atoms with Crippen molar-refractivity contribution in [1.29, 1.82) is 0 Å². The highest BCUT2D eigenvalue weighted by atomic mass is 16.3. The third-order valence-corrected chi connectivity index (χ3v) is 4.20. The zero-order valence-corrected chi connectivity index (χ0v) is 13.1. The van der Waals surface area contributed by atoms with Crippen molar-refractivity contribution in [3.8, 4) is 5.75 Å². The maximum atomic E-state index is 11.5. The number of nitrogens with one attached hydrogen (secondary N) is 1. The normalized spacial score (nSPS) is 16.3. The van der Waals surface area contributed by atoms with Gasteiger partial charge in [0.1, 0.15) is 5.75 Å². The van der Waals surface area contributed by atoms with Gasteiger partial charge in [-0.3, -0.25) is 9.69 Å². The van der Waals surface area contributed by atoms with E-state index in [0.29, 0.717) is 18.2 Å². The van der Waals surface area contributed by atoms with E-state index in [1.165, 1.54) is 0 Å². The van der Waals surface area contributed by atoms with Gasteiger partial charge in [0, 0.05) is 23.7 Å². The average molecular weight is 290 g/mol. The van der Waals surface area contributed by atoms with E-state index in [1.807, 2.05) is 6.07 Å². The minimum Gasteiger partial charge on any atom is -0.508 e. The van der Waals surface area contributed by atoms with Crippen LogP contribution >= 0.6 is 0 Å². The van der Waals surface area contributed by atoms with Crippen molar-refractivity contribution in [2.45, 2.75) is 45.7 Å². The van der Waals surface area contributed by atoms with Crippen molar-refractivity contribution in [2.24, 2.45) is 0 Å². The first kappa shape index (κ1) is 16.0. The van der Waals surface area contributed by atoms with Gasteiger partial charge in [-0.1, -0.05) is 6.92 Å². The number of piperidine rings is 1. The summed E-state index contributed by atoms with van der Waals surface area (Å²) in [4.78, 5) is 14.0. The van der Waals surface area contributed by atoms with Crippen LogP contribution in [0.25, 0.3) is 0 Å². The number of phenolic OH excluding ortho intramolecular Hbond substituents is 1. The highest BCUT2D eigenvalue weighted by molar-refractivity contribution is 5.94.